The lowest BCUT2D eigenvalue weighted by Crippen LogP contribution is -2.49. The quantitative estimate of drug-likeness (QED) is 0.665. The van der Waals surface area contributed by atoms with Gasteiger partial charge in [0.25, 0.3) is 0 Å². The van der Waals surface area contributed by atoms with E-state index < -0.39 is 0 Å². The first-order chi connectivity index (χ1) is 8.20. The molecular formula is C11H18N4O2. The van der Waals surface area contributed by atoms with Crippen molar-refractivity contribution in [1.82, 2.24) is 20.6 Å². The molecule has 1 aromatic rings. The van der Waals surface area contributed by atoms with E-state index in [2.05, 4.69) is 20.6 Å². The lowest BCUT2D eigenvalue weighted by molar-refractivity contribution is -0.123. The molecule has 3 N–H and O–H groups in total. The van der Waals surface area contributed by atoms with Crippen molar-refractivity contribution in [2.75, 3.05) is 13.7 Å². The molecule has 17 heavy (non-hydrogen) atoms. The molecule has 1 aliphatic heterocycles. The molecule has 2 atom stereocenters. The Hall–Kier alpha value is -1.40. The topological polar surface area (TPSA) is 79.0 Å². The summed E-state index contributed by atoms with van der Waals surface area (Å²) in [7, 11) is 1.63. The van der Waals surface area contributed by atoms with Gasteiger partial charge in [-0.05, 0) is 6.92 Å². The molecule has 0 saturated heterocycles. The molecule has 0 bridgehead atoms. The minimum absolute atomic E-state index is 0.00236. The van der Waals surface area contributed by atoms with Gasteiger partial charge in [0.15, 0.2) is 0 Å². The van der Waals surface area contributed by atoms with Crippen LogP contribution in [0.2, 0.25) is 0 Å². The summed E-state index contributed by atoms with van der Waals surface area (Å²) in [5.41, 5.74) is 2.04. The SMILES string of the molecule is COC(C)CNC(=O)C1Cc2nc[nH]c2CN1. The highest BCUT2D eigenvalue weighted by molar-refractivity contribution is 5.82. The molecule has 2 unspecified atom stereocenters. The van der Waals surface area contributed by atoms with E-state index in [-0.39, 0.29) is 18.1 Å². The van der Waals surface area contributed by atoms with Gasteiger partial charge in [-0.1, -0.05) is 0 Å². The van der Waals surface area contributed by atoms with Crippen molar-refractivity contribution in [2.24, 2.45) is 0 Å². The predicted molar refractivity (Wildman–Crippen MR) is 62.4 cm³/mol. The van der Waals surface area contributed by atoms with Gasteiger partial charge < -0.3 is 15.0 Å². The smallest absolute Gasteiger partial charge is 0.237 e. The van der Waals surface area contributed by atoms with E-state index in [4.69, 9.17) is 4.74 Å². The summed E-state index contributed by atoms with van der Waals surface area (Å²) in [4.78, 5) is 19.1. The lowest BCUT2D eigenvalue weighted by atomic mass is 10.0. The summed E-state index contributed by atoms with van der Waals surface area (Å²) < 4.78 is 5.08. The van der Waals surface area contributed by atoms with Crippen LogP contribution in [0.5, 0.6) is 0 Å². The van der Waals surface area contributed by atoms with Crippen molar-refractivity contribution >= 4 is 5.91 Å². The maximum absolute atomic E-state index is 11.9. The normalized spacial score (nSPS) is 20.7. The van der Waals surface area contributed by atoms with E-state index in [0.29, 0.717) is 19.5 Å². The fourth-order valence-corrected chi connectivity index (χ4v) is 1.81. The number of hydrogen-bond donors (Lipinski definition) is 3. The summed E-state index contributed by atoms with van der Waals surface area (Å²) in [5, 5.41) is 6.04. The Labute approximate surface area is 100 Å². The second-order valence-electron chi connectivity index (χ2n) is 4.26. The molecule has 1 amide bonds. The van der Waals surface area contributed by atoms with Gasteiger partial charge in [-0.2, -0.15) is 0 Å². The van der Waals surface area contributed by atoms with Gasteiger partial charge in [0, 0.05) is 26.6 Å². The number of ether oxygens (including phenoxy) is 1. The molecule has 2 rings (SSSR count). The van der Waals surface area contributed by atoms with Gasteiger partial charge in [0.2, 0.25) is 5.91 Å². The van der Waals surface area contributed by atoms with Crippen LogP contribution in [0.15, 0.2) is 6.33 Å². The molecule has 6 nitrogen and oxygen atoms in total. The first kappa shape index (κ1) is 12.1. The van der Waals surface area contributed by atoms with Crippen LogP contribution in [-0.4, -0.2) is 41.7 Å². The van der Waals surface area contributed by atoms with Gasteiger partial charge >= 0.3 is 0 Å². The van der Waals surface area contributed by atoms with E-state index in [1.165, 1.54) is 0 Å². The van der Waals surface area contributed by atoms with E-state index >= 15 is 0 Å². The Morgan fingerprint density at radius 3 is 3.35 bits per heavy atom. The second-order valence-corrected chi connectivity index (χ2v) is 4.26. The van der Waals surface area contributed by atoms with Crippen molar-refractivity contribution in [1.29, 1.82) is 0 Å². The molecule has 6 heteroatoms. The van der Waals surface area contributed by atoms with Crippen molar-refractivity contribution in [3.05, 3.63) is 17.7 Å². The number of nitrogens with one attached hydrogen (secondary N) is 3. The summed E-state index contributed by atoms with van der Waals surface area (Å²) in [6.07, 6.45) is 2.33. The molecule has 0 spiro atoms. The van der Waals surface area contributed by atoms with Gasteiger partial charge in [0.1, 0.15) is 0 Å². The van der Waals surface area contributed by atoms with Crippen molar-refractivity contribution < 1.29 is 9.53 Å². The van der Waals surface area contributed by atoms with Gasteiger partial charge in [0.05, 0.1) is 29.9 Å². The minimum atomic E-state index is -0.199. The molecule has 0 radical (unpaired) electrons. The zero-order valence-electron chi connectivity index (χ0n) is 10.1. The van der Waals surface area contributed by atoms with E-state index in [9.17, 15) is 4.79 Å². The van der Waals surface area contributed by atoms with Gasteiger partial charge in [-0.25, -0.2) is 4.98 Å². The lowest BCUT2D eigenvalue weighted by Gasteiger charge is -2.22. The minimum Gasteiger partial charge on any atom is -0.380 e. The number of carbonyl (C=O) groups is 1. The third-order valence-electron chi connectivity index (χ3n) is 3.01. The Balaban J connectivity index is 1.86. The van der Waals surface area contributed by atoms with Crippen LogP contribution in [-0.2, 0) is 22.5 Å². The van der Waals surface area contributed by atoms with Crippen LogP contribution < -0.4 is 10.6 Å². The van der Waals surface area contributed by atoms with Crippen LogP contribution in [0.1, 0.15) is 18.3 Å². The Morgan fingerprint density at radius 2 is 2.59 bits per heavy atom. The van der Waals surface area contributed by atoms with Crippen LogP contribution in [0.25, 0.3) is 0 Å². The van der Waals surface area contributed by atoms with Gasteiger partial charge in [-0.3, -0.25) is 10.1 Å². The number of amides is 1. The highest BCUT2D eigenvalue weighted by atomic mass is 16.5. The molecule has 0 aliphatic carbocycles. The number of imidazole rings is 1. The standard InChI is InChI=1S/C11H18N4O2/c1-7(17-2)4-13-11(16)9-3-8-10(5-12-9)15-6-14-8/h6-7,9,12H,3-5H2,1-2H3,(H,13,16)(H,14,15). The predicted octanol–water partition coefficient (Wildman–Crippen LogP) is -0.425. The molecule has 94 valence electrons. The average molecular weight is 238 g/mol. The third kappa shape index (κ3) is 2.83. The zero-order valence-corrected chi connectivity index (χ0v) is 10.1. The molecule has 1 aromatic heterocycles. The molecular weight excluding hydrogens is 220 g/mol. The van der Waals surface area contributed by atoms with Crippen molar-refractivity contribution in [3.63, 3.8) is 0 Å². The van der Waals surface area contributed by atoms with Crippen LogP contribution in [0.4, 0.5) is 0 Å². The summed E-state index contributed by atoms with van der Waals surface area (Å²) >= 11 is 0. The zero-order chi connectivity index (χ0) is 12.3. The number of aromatic amines is 1. The number of hydrogen-bond acceptors (Lipinski definition) is 4. The number of fused-ring (bicyclic) bond motifs is 1. The Morgan fingerprint density at radius 1 is 1.76 bits per heavy atom. The molecule has 2 heterocycles. The summed E-state index contributed by atoms with van der Waals surface area (Å²) in [6.45, 7) is 3.11. The second kappa shape index (κ2) is 5.29. The monoisotopic (exact) mass is 238 g/mol. The molecule has 0 aromatic carbocycles. The first-order valence-electron chi connectivity index (χ1n) is 5.75. The largest absolute Gasteiger partial charge is 0.380 e. The van der Waals surface area contributed by atoms with E-state index in [1.807, 2.05) is 6.92 Å². The maximum atomic E-state index is 11.9. The van der Waals surface area contributed by atoms with Crippen LogP contribution in [0.3, 0.4) is 0 Å². The number of methoxy groups -OCH3 is 1. The van der Waals surface area contributed by atoms with Gasteiger partial charge in [-0.15, -0.1) is 0 Å². The highest BCUT2D eigenvalue weighted by Gasteiger charge is 2.25. The van der Waals surface area contributed by atoms with Crippen LogP contribution in [0, 0.1) is 0 Å². The fourth-order valence-electron chi connectivity index (χ4n) is 1.81. The molecule has 1 aliphatic rings. The number of rotatable bonds is 4. The third-order valence-corrected chi connectivity index (χ3v) is 3.01. The number of aromatic nitrogens is 2. The Bertz CT molecular complexity index is 391. The fraction of sp³-hybridized carbons (Fsp3) is 0.636. The molecule has 0 fully saturated rings. The van der Waals surface area contributed by atoms with Crippen molar-refractivity contribution in [2.45, 2.75) is 32.0 Å². The maximum Gasteiger partial charge on any atom is 0.237 e. The van der Waals surface area contributed by atoms with E-state index in [1.54, 1.807) is 13.4 Å². The summed E-state index contributed by atoms with van der Waals surface area (Å²) in [6, 6.07) is -0.199. The first-order valence-corrected chi connectivity index (χ1v) is 5.75. The van der Waals surface area contributed by atoms with Crippen molar-refractivity contribution in [3.8, 4) is 0 Å². The molecule has 0 saturated carbocycles. The van der Waals surface area contributed by atoms with E-state index in [0.717, 1.165) is 11.4 Å². The number of nitrogens with zero attached hydrogens (tertiary/aromatic N) is 1. The van der Waals surface area contributed by atoms with Crippen LogP contribution >= 0.6 is 0 Å². The Kier molecular flexibility index (Phi) is 3.75. The average Bonchev–Trinajstić information content (AvgIpc) is 2.82. The highest BCUT2D eigenvalue weighted by Crippen LogP contribution is 2.11. The number of H-pyrrole nitrogens is 1. The number of carbonyl (C=O) groups excluding carboxylic acids is 1. The summed E-state index contributed by atoms with van der Waals surface area (Å²) in [5.74, 6) is 0.00236.